The Bertz CT molecular complexity index is 163. The molecule has 3 nitrogen and oxygen atoms in total. The first-order chi connectivity index (χ1) is 7.83. The van der Waals surface area contributed by atoms with Crippen molar-refractivity contribution < 1.29 is 4.74 Å². The van der Waals surface area contributed by atoms with Crippen molar-refractivity contribution >= 4 is 11.8 Å². The molecular formula is C12H26N2OS. The Labute approximate surface area is 104 Å². The monoisotopic (exact) mass is 246 g/mol. The first kappa shape index (κ1) is 14.3. The van der Waals surface area contributed by atoms with Crippen molar-refractivity contribution in [3.8, 4) is 0 Å². The lowest BCUT2D eigenvalue weighted by Gasteiger charge is -2.23. The van der Waals surface area contributed by atoms with E-state index in [1.54, 1.807) is 0 Å². The Hall–Kier alpha value is 0.230. The van der Waals surface area contributed by atoms with Gasteiger partial charge in [0.1, 0.15) is 0 Å². The third kappa shape index (κ3) is 6.74. The van der Waals surface area contributed by atoms with E-state index in [0.29, 0.717) is 0 Å². The maximum absolute atomic E-state index is 5.34. The zero-order valence-corrected chi connectivity index (χ0v) is 11.5. The number of nitrogens with zero attached hydrogens (tertiary/aromatic N) is 1. The van der Waals surface area contributed by atoms with Gasteiger partial charge in [-0.1, -0.05) is 0 Å². The van der Waals surface area contributed by atoms with E-state index in [2.05, 4.69) is 29.0 Å². The highest BCUT2D eigenvalue weighted by molar-refractivity contribution is 7.99. The van der Waals surface area contributed by atoms with Crippen LogP contribution in [0.1, 0.15) is 19.8 Å². The molecule has 1 fully saturated rings. The minimum Gasteiger partial charge on any atom is -0.380 e. The summed E-state index contributed by atoms with van der Waals surface area (Å²) in [6, 6.07) is 0. The lowest BCUT2D eigenvalue weighted by atomic mass is 10.2. The predicted molar refractivity (Wildman–Crippen MR) is 72.3 cm³/mol. The van der Waals surface area contributed by atoms with Crippen LogP contribution in [0.3, 0.4) is 0 Å². The standard InChI is InChI=1S/C12H26N2OS/c1-3-15-10-8-14(2)9-11-16-12-4-6-13-7-5-12/h12-13H,3-11H2,1-2H3. The van der Waals surface area contributed by atoms with Gasteiger partial charge in [-0.2, -0.15) is 11.8 Å². The summed E-state index contributed by atoms with van der Waals surface area (Å²) >= 11 is 2.14. The van der Waals surface area contributed by atoms with Crippen molar-refractivity contribution in [1.82, 2.24) is 10.2 Å². The van der Waals surface area contributed by atoms with Gasteiger partial charge in [-0.25, -0.2) is 0 Å². The molecule has 0 aromatic rings. The summed E-state index contributed by atoms with van der Waals surface area (Å²) in [7, 11) is 2.18. The molecule has 4 heteroatoms. The van der Waals surface area contributed by atoms with E-state index < -0.39 is 0 Å². The fraction of sp³-hybridized carbons (Fsp3) is 1.00. The minimum atomic E-state index is 0.831. The summed E-state index contributed by atoms with van der Waals surface area (Å²) in [5.74, 6) is 1.26. The van der Waals surface area contributed by atoms with Gasteiger partial charge >= 0.3 is 0 Å². The Morgan fingerprint density at radius 3 is 2.75 bits per heavy atom. The summed E-state index contributed by atoms with van der Waals surface area (Å²) < 4.78 is 5.34. The van der Waals surface area contributed by atoms with E-state index in [1.165, 1.54) is 38.2 Å². The largest absolute Gasteiger partial charge is 0.380 e. The highest BCUT2D eigenvalue weighted by atomic mass is 32.2. The van der Waals surface area contributed by atoms with Gasteiger partial charge in [-0.15, -0.1) is 0 Å². The van der Waals surface area contributed by atoms with Gasteiger partial charge in [-0.05, 0) is 39.9 Å². The Morgan fingerprint density at radius 1 is 1.31 bits per heavy atom. The van der Waals surface area contributed by atoms with Crippen molar-refractivity contribution in [2.45, 2.75) is 25.0 Å². The molecule has 1 N–H and O–H groups in total. The molecule has 0 amide bonds. The Kier molecular flexibility index (Phi) is 8.29. The topological polar surface area (TPSA) is 24.5 Å². The lowest BCUT2D eigenvalue weighted by Crippen LogP contribution is -2.30. The van der Waals surface area contributed by atoms with E-state index in [9.17, 15) is 0 Å². The normalized spacial score (nSPS) is 18.2. The number of likely N-dealkylation sites (N-methyl/N-ethyl adjacent to an activating group) is 1. The van der Waals surface area contributed by atoms with E-state index in [1.807, 2.05) is 6.92 Å². The van der Waals surface area contributed by atoms with Crippen LogP contribution >= 0.6 is 11.8 Å². The van der Waals surface area contributed by atoms with Crippen LogP contribution in [0.4, 0.5) is 0 Å². The van der Waals surface area contributed by atoms with E-state index in [4.69, 9.17) is 4.74 Å². The van der Waals surface area contributed by atoms with Gasteiger partial charge in [-0.3, -0.25) is 0 Å². The van der Waals surface area contributed by atoms with Crippen molar-refractivity contribution in [2.24, 2.45) is 0 Å². The SMILES string of the molecule is CCOCCN(C)CCSC1CCNCC1. The molecule has 0 aromatic heterocycles. The molecule has 0 bridgehead atoms. The number of rotatable bonds is 8. The summed E-state index contributed by atoms with van der Waals surface area (Å²) in [6.07, 6.45) is 2.68. The van der Waals surface area contributed by atoms with E-state index >= 15 is 0 Å². The number of nitrogens with one attached hydrogen (secondary N) is 1. The molecule has 0 saturated carbocycles. The molecule has 96 valence electrons. The fourth-order valence-electron chi connectivity index (χ4n) is 1.81. The quantitative estimate of drug-likeness (QED) is 0.655. The lowest BCUT2D eigenvalue weighted by molar-refractivity contribution is 0.124. The van der Waals surface area contributed by atoms with Gasteiger partial charge in [0, 0.05) is 30.7 Å². The molecule has 0 atom stereocenters. The van der Waals surface area contributed by atoms with E-state index in [-0.39, 0.29) is 0 Å². The van der Waals surface area contributed by atoms with Crippen molar-refractivity contribution in [2.75, 3.05) is 52.2 Å². The second kappa shape index (κ2) is 9.28. The molecule has 1 saturated heterocycles. The molecule has 1 rings (SSSR count). The summed E-state index contributed by atoms with van der Waals surface area (Å²) in [4.78, 5) is 2.36. The molecular weight excluding hydrogens is 220 g/mol. The minimum absolute atomic E-state index is 0.831. The van der Waals surface area contributed by atoms with Crippen LogP contribution in [-0.2, 0) is 4.74 Å². The van der Waals surface area contributed by atoms with Crippen molar-refractivity contribution in [1.29, 1.82) is 0 Å². The molecule has 0 unspecified atom stereocenters. The van der Waals surface area contributed by atoms with Gasteiger partial charge in [0.2, 0.25) is 0 Å². The zero-order valence-electron chi connectivity index (χ0n) is 10.7. The van der Waals surface area contributed by atoms with Crippen molar-refractivity contribution in [3.63, 3.8) is 0 Å². The fourth-order valence-corrected chi connectivity index (χ4v) is 3.13. The third-order valence-corrected chi connectivity index (χ3v) is 4.30. The first-order valence-electron chi connectivity index (χ1n) is 6.41. The second-order valence-corrected chi connectivity index (χ2v) is 5.73. The first-order valence-corrected chi connectivity index (χ1v) is 7.46. The second-order valence-electron chi connectivity index (χ2n) is 4.32. The van der Waals surface area contributed by atoms with Crippen molar-refractivity contribution in [3.05, 3.63) is 0 Å². The molecule has 16 heavy (non-hydrogen) atoms. The van der Waals surface area contributed by atoms with Crippen LogP contribution in [0.15, 0.2) is 0 Å². The average molecular weight is 246 g/mol. The molecule has 1 heterocycles. The molecule has 1 aliphatic rings. The number of thioether (sulfide) groups is 1. The molecule has 0 aliphatic carbocycles. The Morgan fingerprint density at radius 2 is 2.06 bits per heavy atom. The summed E-state index contributed by atoms with van der Waals surface area (Å²) in [5, 5.41) is 4.30. The van der Waals surface area contributed by atoms with Gasteiger partial charge < -0.3 is 15.0 Å². The zero-order chi connectivity index (χ0) is 11.6. The van der Waals surface area contributed by atoms with Crippen LogP contribution in [0, 0.1) is 0 Å². The summed E-state index contributed by atoms with van der Waals surface area (Å²) in [6.45, 7) is 8.40. The van der Waals surface area contributed by atoms with Crippen LogP contribution in [-0.4, -0.2) is 62.3 Å². The molecule has 0 spiro atoms. The maximum Gasteiger partial charge on any atom is 0.0593 e. The highest BCUT2D eigenvalue weighted by Gasteiger charge is 2.12. The highest BCUT2D eigenvalue weighted by Crippen LogP contribution is 2.19. The van der Waals surface area contributed by atoms with Crippen LogP contribution in [0.2, 0.25) is 0 Å². The smallest absolute Gasteiger partial charge is 0.0593 e. The molecule has 1 aliphatic heterocycles. The number of piperidine rings is 1. The molecule has 0 radical (unpaired) electrons. The summed E-state index contributed by atoms with van der Waals surface area (Å²) in [5.41, 5.74) is 0. The van der Waals surface area contributed by atoms with Crippen LogP contribution in [0.25, 0.3) is 0 Å². The van der Waals surface area contributed by atoms with Crippen LogP contribution < -0.4 is 5.32 Å². The number of ether oxygens (including phenoxy) is 1. The van der Waals surface area contributed by atoms with Crippen LogP contribution in [0.5, 0.6) is 0 Å². The van der Waals surface area contributed by atoms with E-state index in [0.717, 1.165) is 25.0 Å². The third-order valence-electron chi connectivity index (χ3n) is 2.93. The number of hydrogen-bond donors (Lipinski definition) is 1. The van der Waals surface area contributed by atoms with Gasteiger partial charge in [0.25, 0.3) is 0 Å². The maximum atomic E-state index is 5.34. The molecule has 0 aromatic carbocycles. The average Bonchev–Trinajstić information content (AvgIpc) is 2.31. The van der Waals surface area contributed by atoms with Gasteiger partial charge in [0.05, 0.1) is 6.61 Å². The Balaban J connectivity index is 1.92. The number of hydrogen-bond acceptors (Lipinski definition) is 4. The predicted octanol–water partition coefficient (Wildman–Crippen LogP) is 1.44. The van der Waals surface area contributed by atoms with Gasteiger partial charge in [0.15, 0.2) is 0 Å².